The SMILES string of the molecule is CC(C)[C@H](N)C(=O)O.O=S(=O)([O-])S.[Na+]. The van der Waals surface area contributed by atoms with Crippen LogP contribution in [-0.4, -0.2) is 30.1 Å². The zero-order chi connectivity index (χ0) is 11.2. The molecule has 0 aliphatic carbocycles. The largest absolute Gasteiger partial charge is 1.00 e. The summed E-state index contributed by atoms with van der Waals surface area (Å²) in [5.41, 5.74) is 5.16. The van der Waals surface area contributed by atoms with Crippen molar-refractivity contribution in [3.8, 4) is 0 Å². The molecular formula is C5H12NNaO5S2. The van der Waals surface area contributed by atoms with Gasteiger partial charge in [-0.2, -0.15) is 0 Å². The van der Waals surface area contributed by atoms with Gasteiger partial charge in [-0.1, -0.05) is 25.5 Å². The molecule has 14 heavy (non-hydrogen) atoms. The Labute approximate surface area is 110 Å². The van der Waals surface area contributed by atoms with Crippen molar-refractivity contribution in [3.63, 3.8) is 0 Å². The van der Waals surface area contributed by atoms with Gasteiger partial charge in [-0.3, -0.25) is 4.79 Å². The van der Waals surface area contributed by atoms with E-state index in [1.165, 1.54) is 0 Å². The molecule has 0 heterocycles. The molecule has 0 saturated heterocycles. The summed E-state index contributed by atoms with van der Waals surface area (Å²) in [6.45, 7) is 3.55. The van der Waals surface area contributed by atoms with Gasteiger partial charge in [-0.05, 0) is 5.92 Å². The predicted octanol–water partition coefficient (Wildman–Crippen LogP) is -3.57. The third-order valence-electron chi connectivity index (χ3n) is 1.00. The van der Waals surface area contributed by atoms with Crippen molar-refractivity contribution in [1.82, 2.24) is 0 Å². The maximum absolute atomic E-state index is 10.0. The van der Waals surface area contributed by atoms with Crippen LogP contribution in [0.1, 0.15) is 13.8 Å². The summed E-state index contributed by atoms with van der Waals surface area (Å²) in [6.07, 6.45) is 0. The third kappa shape index (κ3) is 23.0. The second-order valence-corrected chi connectivity index (χ2v) is 4.73. The van der Waals surface area contributed by atoms with Gasteiger partial charge in [0.25, 0.3) is 0 Å². The summed E-state index contributed by atoms with van der Waals surface area (Å²) in [5, 5.41) is 8.23. The number of thiol groups is 1. The van der Waals surface area contributed by atoms with Crippen molar-refractivity contribution in [2.75, 3.05) is 0 Å². The Morgan fingerprint density at radius 1 is 1.50 bits per heavy atom. The van der Waals surface area contributed by atoms with Crippen molar-refractivity contribution in [2.24, 2.45) is 11.7 Å². The number of rotatable bonds is 2. The fourth-order valence-electron chi connectivity index (χ4n) is 0.285. The van der Waals surface area contributed by atoms with Crippen LogP contribution < -0.4 is 35.3 Å². The van der Waals surface area contributed by atoms with Crippen molar-refractivity contribution in [3.05, 3.63) is 0 Å². The summed E-state index contributed by atoms with van der Waals surface area (Å²) >= 11 is 2.54. The minimum Gasteiger partial charge on any atom is -0.739 e. The van der Waals surface area contributed by atoms with Gasteiger partial charge in [0.2, 0.25) is 0 Å². The molecule has 0 saturated carbocycles. The van der Waals surface area contributed by atoms with Gasteiger partial charge in [0.15, 0.2) is 0 Å². The summed E-state index contributed by atoms with van der Waals surface area (Å²) in [6, 6.07) is -0.713. The van der Waals surface area contributed by atoms with Crippen LogP contribution in [0.25, 0.3) is 0 Å². The molecule has 80 valence electrons. The molecule has 3 N–H and O–H groups in total. The zero-order valence-electron chi connectivity index (χ0n) is 8.17. The maximum Gasteiger partial charge on any atom is 1.00 e. The molecule has 0 rings (SSSR count). The van der Waals surface area contributed by atoms with Crippen LogP contribution in [0.3, 0.4) is 0 Å². The molecule has 9 heteroatoms. The molecule has 0 aliphatic heterocycles. The van der Waals surface area contributed by atoms with Crippen LogP contribution in [0.5, 0.6) is 0 Å². The van der Waals surface area contributed by atoms with Crippen molar-refractivity contribution in [1.29, 1.82) is 0 Å². The van der Waals surface area contributed by atoms with Gasteiger partial charge in [-0.15, -0.1) is 0 Å². The Bertz CT molecular complexity index is 245. The quantitative estimate of drug-likeness (QED) is 0.203. The first-order chi connectivity index (χ1) is 5.55. The molecule has 0 amide bonds. The minimum atomic E-state index is -4.22. The molecule has 6 nitrogen and oxygen atoms in total. The van der Waals surface area contributed by atoms with E-state index in [1.54, 1.807) is 13.8 Å². The van der Waals surface area contributed by atoms with Gasteiger partial charge in [0.1, 0.15) is 15.2 Å². The molecule has 0 aromatic carbocycles. The molecule has 0 bridgehead atoms. The van der Waals surface area contributed by atoms with Crippen LogP contribution in [0.15, 0.2) is 0 Å². The first-order valence-electron chi connectivity index (χ1n) is 3.22. The van der Waals surface area contributed by atoms with E-state index in [9.17, 15) is 4.79 Å². The van der Waals surface area contributed by atoms with Crippen LogP contribution in [0, 0.1) is 5.92 Å². The average Bonchev–Trinajstić information content (AvgIpc) is 1.81. The average molecular weight is 253 g/mol. The molecule has 0 spiro atoms. The van der Waals surface area contributed by atoms with Gasteiger partial charge in [0, 0.05) is 0 Å². The number of hydrogen-bond donors (Lipinski definition) is 3. The Morgan fingerprint density at radius 3 is 1.71 bits per heavy atom. The molecule has 0 unspecified atom stereocenters. The van der Waals surface area contributed by atoms with E-state index in [2.05, 4.69) is 11.7 Å². The first-order valence-corrected chi connectivity index (χ1v) is 5.68. The molecule has 0 fully saturated rings. The number of carboxylic acids is 1. The normalized spacial score (nSPS) is 12.1. The van der Waals surface area contributed by atoms with E-state index in [1.807, 2.05) is 0 Å². The third-order valence-corrected chi connectivity index (χ3v) is 1.00. The van der Waals surface area contributed by atoms with Crippen LogP contribution in [-0.2, 0) is 13.9 Å². The fraction of sp³-hybridized carbons (Fsp3) is 0.800. The second-order valence-electron chi connectivity index (χ2n) is 2.54. The molecule has 0 aliphatic rings. The number of nitrogens with two attached hydrogens (primary N) is 1. The molecular weight excluding hydrogens is 241 g/mol. The summed E-state index contributed by atoms with van der Waals surface area (Å²) in [4.78, 5) is 10.0. The van der Waals surface area contributed by atoms with Gasteiger partial charge < -0.3 is 15.4 Å². The number of carboxylic acid groups (broad SMARTS) is 1. The van der Waals surface area contributed by atoms with Crippen LogP contribution in [0.4, 0.5) is 0 Å². The van der Waals surface area contributed by atoms with E-state index < -0.39 is 21.2 Å². The fourth-order valence-corrected chi connectivity index (χ4v) is 0.285. The number of aliphatic carboxylic acids is 1. The Hall–Kier alpha value is 0.690. The minimum absolute atomic E-state index is 0. The molecule has 0 aromatic heterocycles. The summed E-state index contributed by atoms with van der Waals surface area (Å²) < 4.78 is 26.8. The molecule has 0 radical (unpaired) electrons. The topological polar surface area (TPSA) is 121 Å². The monoisotopic (exact) mass is 253 g/mol. The molecule has 0 aromatic rings. The Balaban J connectivity index is -0.000000177. The van der Waals surface area contributed by atoms with Gasteiger partial charge in [0.05, 0.1) is 0 Å². The number of carbonyl (C=O) groups is 1. The smallest absolute Gasteiger partial charge is 0.739 e. The van der Waals surface area contributed by atoms with Crippen molar-refractivity contribution < 1.29 is 52.4 Å². The second kappa shape index (κ2) is 8.96. The van der Waals surface area contributed by atoms with E-state index in [0.717, 1.165) is 0 Å². The standard InChI is InChI=1S/C5H11NO2.Na.H2O3S2/c1-3(2)4(6)5(7)8;;1-5(2,3)4/h3-4H,6H2,1-2H3,(H,7,8);;(H2,1,2,3,4)/q;+1;/p-1/t4-;;/m0../s1. The van der Waals surface area contributed by atoms with E-state index >= 15 is 0 Å². The van der Waals surface area contributed by atoms with E-state index in [-0.39, 0.29) is 35.5 Å². The van der Waals surface area contributed by atoms with E-state index in [0.29, 0.717) is 0 Å². The van der Waals surface area contributed by atoms with Crippen LogP contribution >= 0.6 is 11.7 Å². The maximum atomic E-state index is 10.0. The summed E-state index contributed by atoms with van der Waals surface area (Å²) in [5.74, 6) is -0.910. The Kier molecular flexibility index (Phi) is 12.9. The number of hydrogen-bond acceptors (Lipinski definition) is 5. The van der Waals surface area contributed by atoms with E-state index in [4.69, 9.17) is 23.8 Å². The first kappa shape index (κ1) is 20.1. The van der Waals surface area contributed by atoms with Crippen LogP contribution in [0.2, 0.25) is 0 Å². The van der Waals surface area contributed by atoms with Gasteiger partial charge in [-0.25, -0.2) is 8.42 Å². The van der Waals surface area contributed by atoms with Crippen molar-refractivity contribution >= 4 is 26.8 Å². The Morgan fingerprint density at radius 2 is 1.71 bits per heavy atom. The zero-order valence-corrected chi connectivity index (χ0v) is 11.9. The summed E-state index contributed by atoms with van der Waals surface area (Å²) in [7, 11) is -4.22. The predicted molar refractivity (Wildman–Crippen MR) is 49.1 cm³/mol. The van der Waals surface area contributed by atoms with Crippen molar-refractivity contribution in [2.45, 2.75) is 19.9 Å². The van der Waals surface area contributed by atoms with Gasteiger partial charge >= 0.3 is 35.5 Å². The molecule has 1 atom stereocenters.